The van der Waals surface area contributed by atoms with E-state index >= 15 is 0 Å². The lowest BCUT2D eigenvalue weighted by Crippen LogP contribution is -2.56. The molecule has 2 heterocycles. The summed E-state index contributed by atoms with van der Waals surface area (Å²) in [6.07, 6.45) is 17.8. The summed E-state index contributed by atoms with van der Waals surface area (Å²) in [5.41, 5.74) is 0.800. The second-order valence-electron chi connectivity index (χ2n) is 13.5. The van der Waals surface area contributed by atoms with E-state index in [1.165, 1.54) is 70.9 Å². The van der Waals surface area contributed by atoms with Crippen molar-refractivity contribution in [2.45, 2.75) is 95.3 Å². The van der Waals surface area contributed by atoms with Gasteiger partial charge in [0.2, 0.25) is 0 Å². The number of furan rings is 1. The van der Waals surface area contributed by atoms with Crippen molar-refractivity contribution in [2.24, 2.45) is 34.5 Å². The van der Waals surface area contributed by atoms with E-state index in [0.717, 1.165) is 66.9 Å². The third-order valence-corrected chi connectivity index (χ3v) is 13.4. The molecular weight excluding hydrogens is 466 g/mol. The maximum Gasteiger partial charge on any atom is 0.0983 e. The second kappa shape index (κ2) is 10.2. The standard InChI is InChI=1S/C31H49NO3S/c1-29-11-7-25(36-20-19-34-18-16-32-14-3-4-15-32)21-23(29)5-6-26-27(29)8-12-30(2)28(26)9-13-31(30,33)24-10-17-35-22-24/h10,17,22-23,25-28,33H,3-9,11-16,18-21H2,1-2H3/t23?,25?,26-,27-,28+,29+,30+,31?/m1/s1. The number of rotatable bonds is 8. The topological polar surface area (TPSA) is 45.8 Å². The molecule has 36 heavy (non-hydrogen) atoms. The lowest BCUT2D eigenvalue weighted by molar-refractivity contribution is -0.154. The molecule has 4 nitrogen and oxygen atoms in total. The second-order valence-corrected chi connectivity index (χ2v) is 14.9. The summed E-state index contributed by atoms with van der Waals surface area (Å²) in [5.74, 6) is 4.34. The predicted molar refractivity (Wildman–Crippen MR) is 147 cm³/mol. The largest absolute Gasteiger partial charge is 0.472 e. The van der Waals surface area contributed by atoms with Crippen LogP contribution >= 0.6 is 11.8 Å². The summed E-state index contributed by atoms with van der Waals surface area (Å²) in [6.45, 7) is 10.6. The molecule has 8 atom stereocenters. The molecule has 5 aliphatic rings. The molecule has 1 N–H and O–H groups in total. The molecule has 4 saturated carbocycles. The fourth-order valence-electron chi connectivity index (χ4n) is 9.94. The Hall–Kier alpha value is -0.490. The molecule has 5 heteroatoms. The first-order valence-corrected chi connectivity index (χ1v) is 16.2. The molecule has 1 aromatic heterocycles. The average molecular weight is 516 g/mol. The van der Waals surface area contributed by atoms with Gasteiger partial charge in [-0.1, -0.05) is 13.8 Å². The van der Waals surface area contributed by atoms with Crippen molar-refractivity contribution in [2.75, 3.05) is 38.6 Å². The molecule has 0 aromatic carbocycles. The van der Waals surface area contributed by atoms with E-state index in [2.05, 4.69) is 30.5 Å². The van der Waals surface area contributed by atoms with Gasteiger partial charge in [0, 0.05) is 28.5 Å². The van der Waals surface area contributed by atoms with Crippen LogP contribution in [-0.2, 0) is 10.3 Å². The van der Waals surface area contributed by atoms with Gasteiger partial charge in [-0.25, -0.2) is 0 Å². The van der Waals surface area contributed by atoms with Crippen LogP contribution in [0, 0.1) is 34.5 Å². The van der Waals surface area contributed by atoms with Crippen LogP contribution in [0.3, 0.4) is 0 Å². The van der Waals surface area contributed by atoms with Crippen molar-refractivity contribution >= 4 is 11.8 Å². The van der Waals surface area contributed by atoms with E-state index in [-0.39, 0.29) is 5.41 Å². The van der Waals surface area contributed by atoms with E-state index in [1.807, 2.05) is 6.07 Å². The Morgan fingerprint density at radius 2 is 1.86 bits per heavy atom. The normalized spacial score (nSPS) is 44.8. The van der Waals surface area contributed by atoms with Gasteiger partial charge in [0.1, 0.15) is 0 Å². The monoisotopic (exact) mass is 515 g/mol. The first kappa shape index (κ1) is 25.8. The van der Waals surface area contributed by atoms with E-state index in [4.69, 9.17) is 9.15 Å². The summed E-state index contributed by atoms with van der Waals surface area (Å²) in [4.78, 5) is 2.54. The Labute approximate surface area is 223 Å². The fourth-order valence-corrected chi connectivity index (χ4v) is 11.1. The number of ether oxygens (including phenoxy) is 1. The minimum Gasteiger partial charge on any atom is -0.472 e. The van der Waals surface area contributed by atoms with Gasteiger partial charge >= 0.3 is 0 Å². The molecule has 6 rings (SSSR count). The molecule has 0 spiro atoms. The summed E-state index contributed by atoms with van der Waals surface area (Å²) >= 11 is 2.20. The highest BCUT2D eigenvalue weighted by atomic mass is 32.2. The van der Waals surface area contributed by atoms with Gasteiger partial charge < -0.3 is 19.2 Å². The maximum absolute atomic E-state index is 11.9. The van der Waals surface area contributed by atoms with Crippen LogP contribution in [0.15, 0.2) is 23.0 Å². The van der Waals surface area contributed by atoms with Crippen molar-refractivity contribution in [3.63, 3.8) is 0 Å². The summed E-state index contributed by atoms with van der Waals surface area (Å²) in [6, 6.07) is 2.01. The zero-order chi connectivity index (χ0) is 24.8. The highest BCUT2D eigenvalue weighted by Crippen LogP contribution is 2.70. The predicted octanol–water partition coefficient (Wildman–Crippen LogP) is 6.72. The quantitative estimate of drug-likeness (QED) is 0.389. The van der Waals surface area contributed by atoms with Gasteiger partial charge in [0.05, 0.1) is 31.3 Å². The lowest BCUT2D eigenvalue weighted by atomic mass is 9.44. The lowest BCUT2D eigenvalue weighted by Gasteiger charge is -2.61. The number of hydrogen-bond donors (Lipinski definition) is 1. The average Bonchev–Trinajstić information content (AvgIpc) is 3.64. The number of thioether (sulfide) groups is 1. The Balaban J connectivity index is 1.02. The maximum atomic E-state index is 11.9. The van der Waals surface area contributed by atoms with Gasteiger partial charge in [-0.05, 0) is 119 Å². The van der Waals surface area contributed by atoms with E-state index in [0.29, 0.717) is 11.3 Å². The molecule has 1 saturated heterocycles. The van der Waals surface area contributed by atoms with Crippen molar-refractivity contribution in [3.8, 4) is 0 Å². The van der Waals surface area contributed by atoms with Crippen molar-refractivity contribution < 1.29 is 14.3 Å². The van der Waals surface area contributed by atoms with Crippen LogP contribution in [0.5, 0.6) is 0 Å². The van der Waals surface area contributed by atoms with Crippen LogP contribution in [0.25, 0.3) is 0 Å². The molecule has 202 valence electrons. The summed E-state index contributed by atoms with van der Waals surface area (Å²) in [7, 11) is 0. The molecular formula is C31H49NO3S. The van der Waals surface area contributed by atoms with Gasteiger partial charge in [0.25, 0.3) is 0 Å². The number of aliphatic hydroxyl groups is 1. The Kier molecular flexibility index (Phi) is 7.33. The molecule has 3 unspecified atom stereocenters. The Morgan fingerprint density at radius 1 is 1.03 bits per heavy atom. The van der Waals surface area contributed by atoms with Gasteiger partial charge in [0.15, 0.2) is 0 Å². The van der Waals surface area contributed by atoms with E-state index in [1.54, 1.807) is 12.5 Å². The third-order valence-electron chi connectivity index (χ3n) is 12.1. The van der Waals surface area contributed by atoms with Crippen molar-refractivity contribution in [1.29, 1.82) is 0 Å². The van der Waals surface area contributed by atoms with Crippen LogP contribution in [0.4, 0.5) is 0 Å². The minimum absolute atomic E-state index is 0.0108. The Bertz CT molecular complexity index is 871. The molecule has 4 aliphatic carbocycles. The number of hydrogen-bond acceptors (Lipinski definition) is 5. The summed E-state index contributed by atoms with van der Waals surface area (Å²) in [5, 5.41) is 12.8. The van der Waals surface area contributed by atoms with Crippen LogP contribution < -0.4 is 0 Å². The molecule has 5 fully saturated rings. The third kappa shape index (κ3) is 4.32. The van der Waals surface area contributed by atoms with Gasteiger partial charge in [-0.2, -0.15) is 11.8 Å². The first-order valence-electron chi connectivity index (χ1n) is 15.1. The number of nitrogens with zero attached hydrogens (tertiary/aromatic N) is 1. The van der Waals surface area contributed by atoms with Crippen LogP contribution in [0.2, 0.25) is 0 Å². The van der Waals surface area contributed by atoms with Crippen molar-refractivity contribution in [3.05, 3.63) is 24.2 Å². The van der Waals surface area contributed by atoms with Crippen LogP contribution in [0.1, 0.15) is 90.0 Å². The minimum atomic E-state index is -0.710. The molecule has 0 amide bonds. The fraction of sp³-hybridized carbons (Fsp3) is 0.871. The first-order chi connectivity index (χ1) is 17.4. The molecule has 1 aliphatic heterocycles. The highest BCUT2D eigenvalue weighted by molar-refractivity contribution is 7.99. The number of fused-ring (bicyclic) bond motifs is 5. The van der Waals surface area contributed by atoms with Gasteiger partial charge in [-0.15, -0.1) is 0 Å². The SMILES string of the molecule is C[C@]12CCC(SCCOCCN3CCCC3)CC1CC[C@@H]1[C@H]2CC[C@@]2(C)[C@H]1CCC2(O)c1ccoc1. The van der Waals surface area contributed by atoms with E-state index in [9.17, 15) is 5.11 Å². The summed E-state index contributed by atoms with van der Waals surface area (Å²) < 4.78 is 11.4. The smallest absolute Gasteiger partial charge is 0.0983 e. The molecule has 0 radical (unpaired) electrons. The zero-order valence-electron chi connectivity index (χ0n) is 22.8. The van der Waals surface area contributed by atoms with Crippen molar-refractivity contribution in [1.82, 2.24) is 4.90 Å². The Morgan fingerprint density at radius 3 is 2.67 bits per heavy atom. The molecule has 1 aromatic rings. The highest BCUT2D eigenvalue weighted by Gasteiger charge is 2.65. The van der Waals surface area contributed by atoms with Gasteiger partial charge in [-0.3, -0.25) is 0 Å². The molecule has 0 bridgehead atoms. The number of likely N-dealkylation sites (tertiary alicyclic amines) is 1. The van der Waals surface area contributed by atoms with Crippen LogP contribution in [-0.4, -0.2) is 53.9 Å². The zero-order valence-corrected chi connectivity index (χ0v) is 23.6. The van der Waals surface area contributed by atoms with E-state index < -0.39 is 5.60 Å².